The molecule has 6 rings (SSSR count). The molecule has 1 unspecified atom stereocenters. The predicted molar refractivity (Wildman–Crippen MR) is 139 cm³/mol. The van der Waals surface area contributed by atoms with Gasteiger partial charge in [-0.05, 0) is 38.5 Å². The van der Waals surface area contributed by atoms with Crippen LogP contribution in [0.5, 0.6) is 5.88 Å². The Hall–Kier alpha value is -3.97. The molecule has 1 N–H and O–H groups in total. The van der Waals surface area contributed by atoms with Gasteiger partial charge in [-0.15, -0.1) is 0 Å². The van der Waals surface area contributed by atoms with Gasteiger partial charge in [-0.3, -0.25) is 4.90 Å². The lowest BCUT2D eigenvalue weighted by atomic mass is 10.1. The summed E-state index contributed by atoms with van der Waals surface area (Å²) in [6.07, 6.45) is -0.927. The predicted octanol–water partition coefficient (Wildman–Crippen LogP) is 4.72. The molecule has 2 atom stereocenters. The minimum Gasteiger partial charge on any atom is -0.475 e. The second-order valence-corrected chi connectivity index (χ2v) is 10.3. The number of halogens is 3. The van der Waals surface area contributed by atoms with Crippen molar-refractivity contribution in [1.29, 1.82) is 0 Å². The summed E-state index contributed by atoms with van der Waals surface area (Å²) in [5.74, 6) is 0.189. The van der Waals surface area contributed by atoms with E-state index >= 15 is 0 Å². The molecule has 2 saturated heterocycles. The fourth-order valence-electron chi connectivity index (χ4n) is 5.09. The molecule has 1 aromatic carbocycles. The van der Waals surface area contributed by atoms with Crippen LogP contribution in [0.1, 0.15) is 25.8 Å². The third kappa shape index (κ3) is 5.26. The normalized spacial score (nSPS) is 21.3. The Labute approximate surface area is 228 Å². The maximum absolute atomic E-state index is 13.5. The molecule has 2 aromatic heterocycles. The van der Waals surface area contributed by atoms with Crippen molar-refractivity contribution in [1.82, 2.24) is 15.0 Å². The van der Waals surface area contributed by atoms with E-state index in [1.807, 2.05) is 13.8 Å². The monoisotopic (exact) mass is 556 g/mol. The number of fused-ring (bicyclic) bond motifs is 4. The molecular formula is C27H27F3N6O4. The summed E-state index contributed by atoms with van der Waals surface area (Å²) in [6.45, 7) is 5.71. The third-order valence-corrected chi connectivity index (χ3v) is 6.99. The summed E-state index contributed by atoms with van der Waals surface area (Å²) in [5, 5.41) is 2.86. The number of nitrogens with zero attached hydrogens (tertiary/aromatic N) is 5. The van der Waals surface area contributed by atoms with Gasteiger partial charge in [0.2, 0.25) is 5.88 Å². The van der Waals surface area contributed by atoms with Gasteiger partial charge in [-0.1, -0.05) is 12.1 Å². The molecule has 5 heterocycles. The van der Waals surface area contributed by atoms with Gasteiger partial charge in [0.25, 0.3) is 0 Å². The number of hydrogen-bond donors (Lipinski definition) is 1. The van der Waals surface area contributed by atoms with Gasteiger partial charge in [-0.25, -0.2) is 19.7 Å². The number of urea groups is 1. The Morgan fingerprint density at radius 1 is 1.20 bits per heavy atom. The summed E-state index contributed by atoms with van der Waals surface area (Å²) in [5.41, 5.74) is 0.525. The number of anilines is 3. The fourth-order valence-corrected chi connectivity index (χ4v) is 5.09. The fraction of sp³-hybridized carbons (Fsp3) is 0.407. The van der Waals surface area contributed by atoms with Crippen LogP contribution in [0, 0.1) is 0 Å². The quantitative estimate of drug-likeness (QED) is 0.482. The third-order valence-electron chi connectivity index (χ3n) is 6.99. The van der Waals surface area contributed by atoms with Crippen LogP contribution in [0.25, 0.3) is 11.4 Å². The standard InChI is InChI=1S/C27H27F3N6O4/c1-26(2)39-15-20(40-26)14-38-22-7-6-18(11-31-22)33-25(37)36-19-8-9-35(13-19)21-12-32-23(34-24(21)36)16-4-3-5-17(10-16)27(28,29)30/h3-7,10-12,19-20H,8-9,13-15H2,1-2H3,(H,33,37)/t19?,20-/m1/s1. The maximum atomic E-state index is 13.5. The highest BCUT2D eigenvalue weighted by Crippen LogP contribution is 2.40. The maximum Gasteiger partial charge on any atom is 0.416 e. The van der Waals surface area contributed by atoms with Crippen LogP contribution in [0.2, 0.25) is 0 Å². The first-order valence-electron chi connectivity index (χ1n) is 12.9. The number of alkyl halides is 3. The van der Waals surface area contributed by atoms with Crippen LogP contribution in [-0.4, -0.2) is 65.2 Å². The number of ether oxygens (including phenoxy) is 3. The lowest BCUT2D eigenvalue weighted by Gasteiger charge is -2.35. The Morgan fingerprint density at radius 2 is 2.05 bits per heavy atom. The van der Waals surface area contributed by atoms with Gasteiger partial charge in [0.05, 0.1) is 42.0 Å². The summed E-state index contributed by atoms with van der Waals surface area (Å²) in [6, 6.07) is 7.58. The topological polar surface area (TPSA) is 102 Å². The van der Waals surface area contributed by atoms with Crippen molar-refractivity contribution in [3.63, 3.8) is 0 Å². The van der Waals surface area contributed by atoms with E-state index in [2.05, 4.69) is 25.2 Å². The summed E-state index contributed by atoms with van der Waals surface area (Å²) >= 11 is 0. The number of amides is 2. The molecule has 40 heavy (non-hydrogen) atoms. The molecule has 0 aliphatic carbocycles. The van der Waals surface area contributed by atoms with Gasteiger partial charge in [0, 0.05) is 24.7 Å². The molecule has 0 saturated carbocycles. The molecule has 3 aromatic rings. The van der Waals surface area contributed by atoms with Crippen LogP contribution in [0.15, 0.2) is 48.8 Å². The van der Waals surface area contributed by atoms with Crippen molar-refractivity contribution in [3.8, 4) is 17.3 Å². The Balaban J connectivity index is 1.19. The van der Waals surface area contributed by atoms with Gasteiger partial charge < -0.3 is 24.4 Å². The number of pyridine rings is 1. The Bertz CT molecular complexity index is 1420. The second-order valence-electron chi connectivity index (χ2n) is 10.3. The average molecular weight is 557 g/mol. The number of carbonyl (C=O) groups excluding carboxylic acids is 1. The molecule has 2 bridgehead atoms. The van der Waals surface area contributed by atoms with E-state index in [1.54, 1.807) is 23.2 Å². The van der Waals surface area contributed by atoms with E-state index in [0.29, 0.717) is 42.8 Å². The zero-order valence-corrected chi connectivity index (χ0v) is 21.8. The minimum absolute atomic E-state index is 0.105. The van der Waals surface area contributed by atoms with Gasteiger partial charge >= 0.3 is 12.2 Å². The second kappa shape index (κ2) is 9.89. The van der Waals surface area contributed by atoms with Gasteiger partial charge in [0.1, 0.15) is 12.7 Å². The summed E-state index contributed by atoms with van der Waals surface area (Å²) in [7, 11) is 0. The molecule has 2 amide bonds. The zero-order valence-electron chi connectivity index (χ0n) is 21.8. The van der Waals surface area contributed by atoms with Gasteiger partial charge in [0.15, 0.2) is 17.4 Å². The van der Waals surface area contributed by atoms with E-state index in [-0.39, 0.29) is 30.1 Å². The first-order chi connectivity index (χ1) is 19.1. The van der Waals surface area contributed by atoms with E-state index in [1.165, 1.54) is 18.3 Å². The molecular weight excluding hydrogens is 529 g/mol. The summed E-state index contributed by atoms with van der Waals surface area (Å²) in [4.78, 5) is 30.3. The van der Waals surface area contributed by atoms with Crippen molar-refractivity contribution in [3.05, 3.63) is 54.4 Å². The number of carbonyl (C=O) groups is 1. The Kier molecular flexibility index (Phi) is 6.50. The molecule has 3 aliphatic rings. The average Bonchev–Trinajstić information content (AvgIpc) is 3.50. The van der Waals surface area contributed by atoms with E-state index in [9.17, 15) is 18.0 Å². The largest absolute Gasteiger partial charge is 0.475 e. The van der Waals surface area contributed by atoms with Crippen molar-refractivity contribution in [2.45, 2.75) is 44.4 Å². The van der Waals surface area contributed by atoms with E-state index < -0.39 is 23.6 Å². The lowest BCUT2D eigenvalue weighted by molar-refractivity contribution is -0.141. The number of benzene rings is 1. The first-order valence-corrected chi connectivity index (χ1v) is 12.9. The highest BCUT2D eigenvalue weighted by Gasteiger charge is 2.41. The smallest absolute Gasteiger partial charge is 0.416 e. The first kappa shape index (κ1) is 26.3. The number of aromatic nitrogens is 3. The molecule has 13 heteroatoms. The summed E-state index contributed by atoms with van der Waals surface area (Å²) < 4.78 is 56.8. The van der Waals surface area contributed by atoms with Crippen molar-refractivity contribution in [2.24, 2.45) is 0 Å². The van der Waals surface area contributed by atoms with E-state index in [0.717, 1.165) is 18.6 Å². The number of hydrogen-bond acceptors (Lipinski definition) is 8. The molecule has 0 spiro atoms. The highest BCUT2D eigenvalue weighted by atomic mass is 19.4. The molecule has 0 radical (unpaired) electrons. The van der Waals surface area contributed by atoms with Crippen molar-refractivity contribution in [2.75, 3.05) is 41.4 Å². The van der Waals surface area contributed by atoms with Crippen LogP contribution < -0.4 is 19.9 Å². The van der Waals surface area contributed by atoms with Crippen molar-refractivity contribution >= 4 is 23.2 Å². The van der Waals surface area contributed by atoms with Crippen LogP contribution in [0.4, 0.5) is 35.2 Å². The SMILES string of the molecule is CC1(C)OC[C@@H](COc2ccc(NC(=O)N3c4nc(-c5cccc(C(F)(F)F)c5)ncc4N4CCC3C4)cn2)O1. The van der Waals surface area contributed by atoms with E-state index in [4.69, 9.17) is 14.2 Å². The van der Waals surface area contributed by atoms with Gasteiger partial charge in [-0.2, -0.15) is 13.2 Å². The molecule has 2 fully saturated rings. The van der Waals surface area contributed by atoms with Crippen LogP contribution in [0.3, 0.4) is 0 Å². The lowest BCUT2D eigenvalue weighted by Crippen LogP contribution is -2.48. The Morgan fingerprint density at radius 3 is 2.77 bits per heavy atom. The van der Waals surface area contributed by atoms with Crippen LogP contribution in [-0.2, 0) is 15.7 Å². The highest BCUT2D eigenvalue weighted by molar-refractivity contribution is 6.04. The molecule has 210 valence electrons. The minimum atomic E-state index is -4.49. The zero-order chi connectivity index (χ0) is 28.1. The van der Waals surface area contributed by atoms with Crippen molar-refractivity contribution < 1.29 is 32.2 Å². The number of nitrogens with one attached hydrogen (secondary N) is 1. The number of rotatable bonds is 5. The molecule has 10 nitrogen and oxygen atoms in total. The molecule has 3 aliphatic heterocycles. The van der Waals surface area contributed by atoms with Crippen LogP contribution >= 0.6 is 0 Å².